The minimum absolute atomic E-state index is 0.425. The second kappa shape index (κ2) is 2.29. The number of carbonyl (C=O) groups excluding carboxylic acids is 1. The van der Waals surface area contributed by atoms with Crippen LogP contribution in [-0.4, -0.2) is 5.78 Å². The molecule has 0 aromatic carbocycles. The third-order valence-electron chi connectivity index (χ3n) is 1.56. The zero-order valence-electron chi connectivity index (χ0n) is 5.24. The number of hydrogen-bond donors (Lipinski definition) is 0. The van der Waals surface area contributed by atoms with Crippen molar-refractivity contribution < 1.29 is 4.79 Å². The summed E-state index contributed by atoms with van der Waals surface area (Å²) in [7, 11) is 0. The van der Waals surface area contributed by atoms with Crippen LogP contribution in [0.3, 0.4) is 0 Å². The highest BCUT2D eigenvalue weighted by molar-refractivity contribution is 5.81. The fourth-order valence-electron chi connectivity index (χ4n) is 1.10. The molecule has 0 N–H and O–H groups in total. The molecular formula is C7H11O. The summed E-state index contributed by atoms with van der Waals surface area (Å²) in [5.74, 6) is 1.79. The van der Waals surface area contributed by atoms with E-state index in [1.165, 1.54) is 12.3 Å². The molecule has 1 aliphatic carbocycles. The van der Waals surface area contributed by atoms with Crippen molar-refractivity contribution in [2.24, 2.45) is 0 Å². The highest BCUT2D eigenvalue weighted by atomic mass is 16.1. The van der Waals surface area contributed by atoms with Crippen LogP contribution in [0.15, 0.2) is 0 Å². The normalized spacial score (nSPS) is 23.9. The summed E-state index contributed by atoms with van der Waals surface area (Å²) < 4.78 is 0. The molecule has 8 heavy (non-hydrogen) atoms. The van der Waals surface area contributed by atoms with E-state index in [0.717, 1.165) is 19.3 Å². The summed E-state index contributed by atoms with van der Waals surface area (Å²) in [6.07, 6.45) is 3.83. The van der Waals surface area contributed by atoms with Gasteiger partial charge >= 0.3 is 0 Å². The lowest BCUT2D eigenvalue weighted by Crippen LogP contribution is -2.09. The van der Waals surface area contributed by atoms with Gasteiger partial charge in [0.25, 0.3) is 0 Å². The summed E-state index contributed by atoms with van der Waals surface area (Å²) in [6, 6.07) is 0. The average molecular weight is 111 g/mol. The second-order valence-corrected chi connectivity index (χ2v) is 2.53. The van der Waals surface area contributed by atoms with Gasteiger partial charge in [-0.2, -0.15) is 0 Å². The molecule has 0 spiro atoms. The smallest absolute Gasteiger partial charge is 0.133 e. The molecule has 1 saturated carbocycles. The third kappa shape index (κ3) is 1.32. The van der Waals surface area contributed by atoms with Gasteiger partial charge in [-0.05, 0) is 18.8 Å². The van der Waals surface area contributed by atoms with Crippen LogP contribution < -0.4 is 0 Å². The highest BCUT2D eigenvalue weighted by Gasteiger charge is 2.14. The topological polar surface area (TPSA) is 17.1 Å². The van der Waals surface area contributed by atoms with Gasteiger partial charge in [0.15, 0.2) is 0 Å². The quantitative estimate of drug-likeness (QED) is 0.465. The number of ketones is 1. The van der Waals surface area contributed by atoms with E-state index in [0.29, 0.717) is 5.78 Å². The maximum Gasteiger partial charge on any atom is 0.133 e. The Morgan fingerprint density at radius 1 is 1.38 bits per heavy atom. The largest absolute Gasteiger partial charge is 0.300 e. The van der Waals surface area contributed by atoms with Crippen molar-refractivity contribution in [3.63, 3.8) is 0 Å². The second-order valence-electron chi connectivity index (χ2n) is 2.53. The van der Waals surface area contributed by atoms with Crippen molar-refractivity contribution in [1.82, 2.24) is 0 Å². The summed E-state index contributed by atoms with van der Waals surface area (Å²) in [6.45, 7) is 2.07. The molecule has 0 atom stereocenters. The molecule has 1 nitrogen and oxygen atoms in total. The van der Waals surface area contributed by atoms with Crippen LogP contribution in [0, 0.1) is 5.92 Å². The first-order valence-corrected chi connectivity index (χ1v) is 3.12. The van der Waals surface area contributed by atoms with Gasteiger partial charge in [0.05, 0.1) is 0 Å². The molecule has 0 aromatic rings. The predicted molar refractivity (Wildman–Crippen MR) is 32.4 cm³/mol. The minimum Gasteiger partial charge on any atom is -0.300 e. The average Bonchev–Trinajstić information content (AvgIpc) is 1.64. The number of Topliss-reactive ketones (excluding diaryl/α,β-unsaturated/α-hetero) is 1. The first kappa shape index (κ1) is 5.80. The van der Waals surface area contributed by atoms with Crippen LogP contribution in [0.25, 0.3) is 0 Å². The fraction of sp³-hybridized carbons (Fsp3) is 0.714. The molecule has 0 aliphatic heterocycles. The summed E-state index contributed by atoms with van der Waals surface area (Å²) >= 11 is 0. The van der Waals surface area contributed by atoms with Crippen LogP contribution in [0.1, 0.15) is 32.6 Å². The Hall–Kier alpha value is -0.330. The van der Waals surface area contributed by atoms with Crippen molar-refractivity contribution in [2.45, 2.75) is 32.6 Å². The van der Waals surface area contributed by atoms with E-state index in [1.807, 2.05) is 0 Å². The monoisotopic (exact) mass is 111 g/mol. The molecular weight excluding hydrogens is 100 g/mol. The Balaban J connectivity index is 2.34. The molecule has 1 rings (SSSR count). The van der Waals surface area contributed by atoms with Crippen LogP contribution in [-0.2, 0) is 4.79 Å². The Kier molecular flexibility index (Phi) is 1.66. The van der Waals surface area contributed by atoms with Gasteiger partial charge in [-0.3, -0.25) is 4.79 Å². The van der Waals surface area contributed by atoms with Crippen molar-refractivity contribution in [3.8, 4) is 0 Å². The Morgan fingerprint density at radius 2 is 2.12 bits per heavy atom. The molecule has 1 fully saturated rings. The van der Waals surface area contributed by atoms with Crippen molar-refractivity contribution in [3.05, 3.63) is 5.92 Å². The molecule has 0 bridgehead atoms. The standard InChI is InChI=1S/C7H11O/c1-6-3-2-4-7(8)5-6/h2-5H2,1H3. The Morgan fingerprint density at radius 3 is 2.50 bits per heavy atom. The number of rotatable bonds is 0. The maximum absolute atomic E-state index is 10.7. The number of carbonyl (C=O) groups is 1. The molecule has 0 aromatic heterocycles. The van der Waals surface area contributed by atoms with E-state index in [1.54, 1.807) is 0 Å². The Bertz CT molecular complexity index is 96.6. The summed E-state index contributed by atoms with van der Waals surface area (Å²) in [5, 5.41) is 0. The van der Waals surface area contributed by atoms with E-state index < -0.39 is 0 Å². The third-order valence-corrected chi connectivity index (χ3v) is 1.56. The Labute approximate surface area is 50.1 Å². The van der Waals surface area contributed by atoms with Gasteiger partial charge in [0.1, 0.15) is 5.78 Å². The van der Waals surface area contributed by atoms with E-state index in [4.69, 9.17) is 0 Å². The van der Waals surface area contributed by atoms with Crippen molar-refractivity contribution in [2.75, 3.05) is 0 Å². The van der Waals surface area contributed by atoms with Gasteiger partial charge in [-0.25, -0.2) is 0 Å². The van der Waals surface area contributed by atoms with Gasteiger partial charge < -0.3 is 0 Å². The first-order valence-electron chi connectivity index (χ1n) is 3.12. The molecule has 0 amide bonds. The van der Waals surface area contributed by atoms with E-state index in [9.17, 15) is 4.79 Å². The SMILES string of the molecule is C[C]1CCCC(=O)C1. The lowest BCUT2D eigenvalue weighted by molar-refractivity contribution is -0.119. The molecule has 0 saturated heterocycles. The van der Waals surface area contributed by atoms with Gasteiger partial charge in [0, 0.05) is 12.8 Å². The van der Waals surface area contributed by atoms with Gasteiger partial charge in [-0.1, -0.05) is 6.92 Å². The molecule has 1 radical (unpaired) electrons. The molecule has 0 unspecified atom stereocenters. The molecule has 45 valence electrons. The van der Waals surface area contributed by atoms with Crippen LogP contribution in [0.2, 0.25) is 0 Å². The lowest BCUT2D eigenvalue weighted by Gasteiger charge is -2.14. The van der Waals surface area contributed by atoms with Gasteiger partial charge in [0.2, 0.25) is 0 Å². The van der Waals surface area contributed by atoms with Crippen molar-refractivity contribution in [1.29, 1.82) is 0 Å². The van der Waals surface area contributed by atoms with Crippen molar-refractivity contribution >= 4 is 5.78 Å². The predicted octanol–water partition coefficient (Wildman–Crippen LogP) is 1.72. The van der Waals surface area contributed by atoms with Crippen LogP contribution >= 0.6 is 0 Å². The zero-order chi connectivity index (χ0) is 5.98. The molecule has 0 heterocycles. The summed E-state index contributed by atoms with van der Waals surface area (Å²) in [4.78, 5) is 10.7. The molecule has 1 heteroatoms. The maximum atomic E-state index is 10.7. The van der Waals surface area contributed by atoms with E-state index in [2.05, 4.69) is 6.92 Å². The number of hydrogen-bond acceptors (Lipinski definition) is 1. The van der Waals surface area contributed by atoms with E-state index in [-0.39, 0.29) is 0 Å². The van der Waals surface area contributed by atoms with E-state index >= 15 is 0 Å². The first-order chi connectivity index (χ1) is 3.79. The zero-order valence-corrected chi connectivity index (χ0v) is 5.24. The molecule has 1 aliphatic rings. The summed E-state index contributed by atoms with van der Waals surface area (Å²) in [5.41, 5.74) is 0. The van der Waals surface area contributed by atoms with Crippen LogP contribution in [0.4, 0.5) is 0 Å². The fourth-order valence-corrected chi connectivity index (χ4v) is 1.10. The van der Waals surface area contributed by atoms with Gasteiger partial charge in [-0.15, -0.1) is 0 Å². The highest BCUT2D eigenvalue weighted by Crippen LogP contribution is 2.21. The minimum atomic E-state index is 0.425. The lowest BCUT2D eigenvalue weighted by atomic mass is 9.90. The van der Waals surface area contributed by atoms with Crippen LogP contribution in [0.5, 0.6) is 0 Å².